The van der Waals surface area contributed by atoms with Gasteiger partial charge in [0.1, 0.15) is 0 Å². The number of nitrogens with zero attached hydrogens (tertiary/aromatic N) is 1. The summed E-state index contributed by atoms with van der Waals surface area (Å²) in [7, 11) is 0. The summed E-state index contributed by atoms with van der Waals surface area (Å²) in [4.78, 5) is 4.67. The maximum absolute atomic E-state index is 6.19. The third kappa shape index (κ3) is 5.33. The summed E-state index contributed by atoms with van der Waals surface area (Å²) in [6.07, 6.45) is 9.78. The van der Waals surface area contributed by atoms with Gasteiger partial charge in [0.2, 0.25) is 0 Å². The maximum Gasteiger partial charge on any atom is 0.193 e. The van der Waals surface area contributed by atoms with Crippen molar-refractivity contribution in [1.29, 1.82) is 0 Å². The average Bonchev–Trinajstić information content (AvgIpc) is 2.57. The van der Waals surface area contributed by atoms with Crippen LogP contribution >= 0.6 is 24.0 Å². The minimum atomic E-state index is 0. The Morgan fingerprint density at radius 3 is 2.76 bits per heavy atom. The van der Waals surface area contributed by atoms with Gasteiger partial charge in [0.05, 0.1) is 0 Å². The Morgan fingerprint density at radius 1 is 1.24 bits per heavy atom. The first-order valence-corrected chi connectivity index (χ1v) is 9.48. The molecule has 0 saturated heterocycles. The number of aliphatic imine (C=N–C) groups is 1. The van der Waals surface area contributed by atoms with Gasteiger partial charge in [-0.3, -0.25) is 4.99 Å². The Bertz CT molecular complexity index is 584. The molecule has 2 aliphatic carbocycles. The van der Waals surface area contributed by atoms with Gasteiger partial charge in [-0.2, -0.15) is 0 Å². The van der Waals surface area contributed by atoms with Crippen molar-refractivity contribution in [2.45, 2.75) is 58.3 Å². The number of halogens is 1. The SMILES string of the molecule is CCOCCC1(CN=C(N)Nc2cccc3c2CCCC3)CCC1.I. The third-order valence-electron chi connectivity index (χ3n) is 5.64. The van der Waals surface area contributed by atoms with Crippen molar-refractivity contribution in [2.75, 3.05) is 25.1 Å². The normalized spacial score (nSPS) is 18.7. The number of hydrogen-bond acceptors (Lipinski definition) is 2. The highest BCUT2D eigenvalue weighted by atomic mass is 127. The third-order valence-corrected chi connectivity index (χ3v) is 5.64. The summed E-state index contributed by atoms with van der Waals surface area (Å²) >= 11 is 0. The van der Waals surface area contributed by atoms with Gasteiger partial charge in [0, 0.05) is 25.4 Å². The standard InChI is InChI=1S/C20H31N3O.HI/c1-2-24-14-13-20(11-6-12-20)15-22-19(21)23-18-10-5-8-16-7-3-4-9-17(16)18;/h5,8,10H,2-4,6-7,9,11-15H2,1H3,(H3,21,22,23);1H. The molecule has 25 heavy (non-hydrogen) atoms. The van der Waals surface area contributed by atoms with Crippen molar-refractivity contribution in [3.05, 3.63) is 29.3 Å². The van der Waals surface area contributed by atoms with E-state index in [1.807, 2.05) is 6.92 Å². The fourth-order valence-electron chi connectivity index (χ4n) is 3.93. The number of benzene rings is 1. The quantitative estimate of drug-likeness (QED) is 0.274. The molecule has 1 aromatic carbocycles. The van der Waals surface area contributed by atoms with Gasteiger partial charge in [0.15, 0.2) is 5.96 Å². The summed E-state index contributed by atoms with van der Waals surface area (Å²) in [5.74, 6) is 0.552. The van der Waals surface area contributed by atoms with Gasteiger partial charge < -0.3 is 15.8 Å². The number of rotatable bonds is 7. The molecule has 0 unspecified atom stereocenters. The first-order valence-electron chi connectivity index (χ1n) is 9.48. The highest BCUT2D eigenvalue weighted by Crippen LogP contribution is 2.44. The van der Waals surface area contributed by atoms with E-state index in [1.54, 1.807) is 0 Å². The lowest BCUT2D eigenvalue weighted by Crippen LogP contribution is -2.35. The van der Waals surface area contributed by atoms with Crippen molar-refractivity contribution in [2.24, 2.45) is 16.1 Å². The van der Waals surface area contributed by atoms with Gasteiger partial charge in [-0.1, -0.05) is 18.6 Å². The van der Waals surface area contributed by atoms with E-state index in [0.717, 1.165) is 38.3 Å². The summed E-state index contributed by atoms with van der Waals surface area (Å²) in [5, 5.41) is 3.35. The van der Waals surface area contributed by atoms with Gasteiger partial charge in [-0.15, -0.1) is 24.0 Å². The number of hydrogen-bond donors (Lipinski definition) is 2. The van der Waals surface area contributed by atoms with Crippen molar-refractivity contribution in [3.63, 3.8) is 0 Å². The number of aryl methyl sites for hydroxylation is 1. The second kappa shape index (κ2) is 9.76. The highest BCUT2D eigenvalue weighted by molar-refractivity contribution is 14.0. The number of guanidine groups is 1. The van der Waals surface area contributed by atoms with E-state index in [4.69, 9.17) is 10.5 Å². The van der Waals surface area contributed by atoms with Crippen LogP contribution in [0.25, 0.3) is 0 Å². The second-order valence-electron chi connectivity index (χ2n) is 7.28. The van der Waals surface area contributed by atoms with Crippen molar-refractivity contribution < 1.29 is 4.74 Å². The topological polar surface area (TPSA) is 59.6 Å². The van der Waals surface area contributed by atoms with Crippen LogP contribution in [0.5, 0.6) is 0 Å². The van der Waals surface area contributed by atoms with Crippen LogP contribution in [0.1, 0.15) is 56.6 Å². The largest absolute Gasteiger partial charge is 0.382 e. The van der Waals surface area contributed by atoms with E-state index in [1.165, 1.54) is 49.7 Å². The molecule has 0 amide bonds. The summed E-state index contributed by atoms with van der Waals surface area (Å²) < 4.78 is 5.53. The Labute approximate surface area is 169 Å². The number of nitrogens with two attached hydrogens (primary N) is 1. The van der Waals surface area contributed by atoms with Gasteiger partial charge in [0.25, 0.3) is 0 Å². The zero-order valence-corrected chi connectivity index (χ0v) is 17.7. The van der Waals surface area contributed by atoms with Crippen LogP contribution in [0.15, 0.2) is 23.2 Å². The molecule has 2 aliphatic rings. The first kappa shape index (κ1) is 20.5. The average molecular weight is 457 g/mol. The molecule has 0 spiro atoms. The fourth-order valence-corrected chi connectivity index (χ4v) is 3.93. The molecule has 3 rings (SSSR count). The van der Waals surface area contributed by atoms with E-state index < -0.39 is 0 Å². The molecule has 1 aromatic rings. The molecule has 1 saturated carbocycles. The van der Waals surface area contributed by atoms with E-state index in [9.17, 15) is 0 Å². The summed E-state index contributed by atoms with van der Waals surface area (Å²) in [6.45, 7) is 4.50. The monoisotopic (exact) mass is 457 g/mol. The predicted molar refractivity (Wildman–Crippen MR) is 116 cm³/mol. The molecule has 5 heteroatoms. The number of fused-ring (bicyclic) bond motifs is 1. The summed E-state index contributed by atoms with van der Waals surface area (Å²) in [5.41, 5.74) is 10.5. The fraction of sp³-hybridized carbons (Fsp3) is 0.650. The minimum Gasteiger partial charge on any atom is -0.382 e. The van der Waals surface area contributed by atoms with Crippen LogP contribution in [-0.4, -0.2) is 25.7 Å². The van der Waals surface area contributed by atoms with Crippen molar-refractivity contribution in [3.8, 4) is 0 Å². The predicted octanol–water partition coefficient (Wildman–Crippen LogP) is 4.51. The van der Waals surface area contributed by atoms with Gasteiger partial charge in [-0.25, -0.2) is 0 Å². The van der Waals surface area contributed by atoms with Gasteiger partial charge >= 0.3 is 0 Å². The lowest BCUT2D eigenvalue weighted by molar-refractivity contribution is 0.0610. The van der Waals surface area contributed by atoms with Crippen LogP contribution < -0.4 is 11.1 Å². The van der Waals surface area contributed by atoms with Crippen LogP contribution in [0, 0.1) is 5.41 Å². The Kier molecular flexibility index (Phi) is 8.00. The molecule has 3 N–H and O–H groups in total. The maximum atomic E-state index is 6.19. The number of ether oxygens (including phenoxy) is 1. The minimum absolute atomic E-state index is 0. The lowest BCUT2D eigenvalue weighted by Gasteiger charge is -2.40. The molecule has 0 radical (unpaired) electrons. The lowest BCUT2D eigenvalue weighted by atomic mass is 9.67. The molecule has 0 aliphatic heterocycles. The van der Waals surface area contributed by atoms with Crippen molar-refractivity contribution in [1.82, 2.24) is 0 Å². The second-order valence-corrected chi connectivity index (χ2v) is 7.28. The van der Waals surface area contributed by atoms with Crippen LogP contribution in [0.2, 0.25) is 0 Å². The van der Waals surface area contributed by atoms with E-state index in [-0.39, 0.29) is 24.0 Å². The molecule has 140 valence electrons. The first-order chi connectivity index (χ1) is 11.7. The number of anilines is 1. The molecule has 0 bridgehead atoms. The van der Waals surface area contributed by atoms with Crippen LogP contribution in [-0.2, 0) is 17.6 Å². The van der Waals surface area contributed by atoms with E-state index >= 15 is 0 Å². The summed E-state index contributed by atoms with van der Waals surface area (Å²) in [6, 6.07) is 6.49. The van der Waals surface area contributed by atoms with Crippen LogP contribution in [0.3, 0.4) is 0 Å². The van der Waals surface area contributed by atoms with E-state index in [2.05, 4.69) is 28.5 Å². The molecule has 0 heterocycles. The molecule has 0 atom stereocenters. The Hall–Kier alpha value is -0.820. The van der Waals surface area contributed by atoms with Crippen LogP contribution in [0.4, 0.5) is 5.69 Å². The number of nitrogens with one attached hydrogen (secondary N) is 1. The molecule has 0 aromatic heterocycles. The zero-order chi connectivity index (χ0) is 16.8. The molecular formula is C20H32IN3O. The van der Waals surface area contributed by atoms with E-state index in [0.29, 0.717) is 11.4 Å². The van der Waals surface area contributed by atoms with Gasteiger partial charge in [-0.05, 0) is 74.5 Å². The highest BCUT2D eigenvalue weighted by Gasteiger charge is 2.36. The molecular weight excluding hydrogens is 425 g/mol. The van der Waals surface area contributed by atoms with Crippen molar-refractivity contribution >= 4 is 35.6 Å². The smallest absolute Gasteiger partial charge is 0.193 e. The zero-order valence-electron chi connectivity index (χ0n) is 15.4. The Balaban J connectivity index is 0.00000225. The Morgan fingerprint density at radius 2 is 2.04 bits per heavy atom. The molecule has 1 fully saturated rings. The molecule has 4 nitrogen and oxygen atoms in total.